The monoisotopic (exact) mass is 278 g/mol. The van der Waals surface area contributed by atoms with E-state index in [-0.39, 0.29) is 5.41 Å². The van der Waals surface area contributed by atoms with E-state index in [4.69, 9.17) is 11.6 Å². The van der Waals surface area contributed by atoms with Gasteiger partial charge in [-0.1, -0.05) is 56.3 Å². The number of hydrogen-bond acceptors (Lipinski definition) is 3. The SMILES string of the molecule is CC(C)(C)c1ccc(Sc2nccnc2Cl)cc1. The van der Waals surface area contributed by atoms with Gasteiger partial charge in [0.1, 0.15) is 5.03 Å². The molecule has 0 N–H and O–H groups in total. The largest absolute Gasteiger partial charge is 0.245 e. The Kier molecular flexibility index (Phi) is 3.93. The van der Waals surface area contributed by atoms with Crippen molar-refractivity contribution in [2.75, 3.05) is 0 Å². The van der Waals surface area contributed by atoms with Gasteiger partial charge in [0.2, 0.25) is 0 Å². The first kappa shape index (κ1) is 13.4. The summed E-state index contributed by atoms with van der Waals surface area (Å²) >= 11 is 7.51. The third kappa shape index (κ3) is 3.24. The topological polar surface area (TPSA) is 25.8 Å². The highest BCUT2D eigenvalue weighted by Gasteiger charge is 2.13. The third-order valence-electron chi connectivity index (χ3n) is 2.56. The molecule has 1 heterocycles. The predicted octanol–water partition coefficient (Wildman–Crippen LogP) is 4.58. The zero-order valence-corrected chi connectivity index (χ0v) is 12.2. The van der Waals surface area contributed by atoms with Crippen LogP contribution in [0.4, 0.5) is 0 Å². The van der Waals surface area contributed by atoms with Gasteiger partial charge in [0.15, 0.2) is 5.15 Å². The molecular weight excluding hydrogens is 264 g/mol. The van der Waals surface area contributed by atoms with E-state index < -0.39 is 0 Å². The molecule has 0 amide bonds. The summed E-state index contributed by atoms with van der Waals surface area (Å²) in [6.45, 7) is 6.61. The lowest BCUT2D eigenvalue weighted by molar-refractivity contribution is 0.590. The summed E-state index contributed by atoms with van der Waals surface area (Å²) in [7, 11) is 0. The van der Waals surface area contributed by atoms with E-state index in [1.807, 2.05) is 0 Å². The highest BCUT2D eigenvalue weighted by molar-refractivity contribution is 7.99. The molecule has 0 aliphatic rings. The molecule has 0 fully saturated rings. The highest BCUT2D eigenvalue weighted by Crippen LogP contribution is 2.31. The van der Waals surface area contributed by atoms with Gasteiger partial charge in [0.25, 0.3) is 0 Å². The maximum Gasteiger partial charge on any atom is 0.161 e. The molecule has 2 rings (SSSR count). The Hall–Kier alpha value is -1.06. The normalized spacial score (nSPS) is 11.6. The molecule has 0 atom stereocenters. The zero-order valence-electron chi connectivity index (χ0n) is 10.6. The van der Waals surface area contributed by atoms with Gasteiger partial charge in [-0.2, -0.15) is 0 Å². The Morgan fingerprint density at radius 2 is 1.61 bits per heavy atom. The molecule has 4 heteroatoms. The van der Waals surface area contributed by atoms with Gasteiger partial charge in [-0.3, -0.25) is 0 Å². The summed E-state index contributed by atoms with van der Waals surface area (Å²) in [5, 5.41) is 1.19. The van der Waals surface area contributed by atoms with Crippen LogP contribution in [0.1, 0.15) is 26.3 Å². The van der Waals surface area contributed by atoms with Gasteiger partial charge in [0, 0.05) is 17.3 Å². The van der Waals surface area contributed by atoms with Gasteiger partial charge in [-0.25, -0.2) is 9.97 Å². The zero-order chi connectivity index (χ0) is 13.2. The van der Waals surface area contributed by atoms with Crippen molar-refractivity contribution >= 4 is 23.4 Å². The number of rotatable bonds is 2. The molecular formula is C14H15ClN2S. The summed E-state index contributed by atoms with van der Waals surface area (Å²) in [6.07, 6.45) is 3.24. The van der Waals surface area contributed by atoms with Crippen molar-refractivity contribution in [1.29, 1.82) is 0 Å². The van der Waals surface area contributed by atoms with E-state index >= 15 is 0 Å². The highest BCUT2D eigenvalue weighted by atomic mass is 35.5. The fourth-order valence-electron chi connectivity index (χ4n) is 1.51. The van der Waals surface area contributed by atoms with Crippen LogP contribution in [0.3, 0.4) is 0 Å². The number of aromatic nitrogens is 2. The average molecular weight is 279 g/mol. The van der Waals surface area contributed by atoms with Crippen molar-refractivity contribution < 1.29 is 0 Å². The van der Waals surface area contributed by atoms with Crippen molar-refractivity contribution in [1.82, 2.24) is 9.97 Å². The van der Waals surface area contributed by atoms with Crippen LogP contribution in [-0.2, 0) is 5.41 Å². The van der Waals surface area contributed by atoms with Gasteiger partial charge < -0.3 is 0 Å². The molecule has 2 aromatic rings. The predicted molar refractivity (Wildman–Crippen MR) is 76.3 cm³/mol. The molecule has 0 radical (unpaired) electrons. The number of hydrogen-bond donors (Lipinski definition) is 0. The molecule has 1 aromatic heterocycles. The Bertz CT molecular complexity index is 532. The number of benzene rings is 1. The van der Waals surface area contributed by atoms with Gasteiger partial charge in [-0.15, -0.1) is 0 Å². The van der Waals surface area contributed by atoms with Gasteiger partial charge >= 0.3 is 0 Å². The quantitative estimate of drug-likeness (QED) is 0.804. The number of nitrogens with zero attached hydrogens (tertiary/aromatic N) is 2. The van der Waals surface area contributed by atoms with Crippen LogP contribution < -0.4 is 0 Å². The van der Waals surface area contributed by atoms with Crippen LogP contribution in [0, 0.1) is 0 Å². The molecule has 0 saturated carbocycles. The lowest BCUT2D eigenvalue weighted by atomic mass is 9.87. The fraction of sp³-hybridized carbons (Fsp3) is 0.286. The van der Waals surface area contributed by atoms with Crippen molar-refractivity contribution in [2.45, 2.75) is 36.1 Å². The second-order valence-corrected chi connectivity index (χ2v) is 6.45. The fourth-order valence-corrected chi connectivity index (χ4v) is 2.48. The summed E-state index contributed by atoms with van der Waals surface area (Å²) in [5.41, 5.74) is 1.49. The minimum atomic E-state index is 0.174. The standard InChI is InChI=1S/C14H15ClN2S/c1-14(2,3)10-4-6-11(7-5-10)18-13-12(15)16-8-9-17-13/h4-9H,1-3H3. The average Bonchev–Trinajstić information content (AvgIpc) is 2.32. The van der Waals surface area contributed by atoms with Crippen molar-refractivity contribution in [2.24, 2.45) is 0 Å². The van der Waals surface area contributed by atoms with Crippen LogP contribution in [-0.4, -0.2) is 9.97 Å². The second kappa shape index (κ2) is 5.29. The van der Waals surface area contributed by atoms with Crippen LogP contribution in [0.5, 0.6) is 0 Å². The summed E-state index contributed by atoms with van der Waals surface area (Å²) < 4.78 is 0. The molecule has 0 bridgehead atoms. The summed E-state index contributed by atoms with van der Waals surface area (Å²) in [5.74, 6) is 0. The Morgan fingerprint density at radius 1 is 1.00 bits per heavy atom. The molecule has 94 valence electrons. The smallest absolute Gasteiger partial charge is 0.161 e. The van der Waals surface area contributed by atoms with Crippen LogP contribution >= 0.6 is 23.4 Å². The van der Waals surface area contributed by atoms with E-state index in [1.165, 1.54) is 17.3 Å². The molecule has 0 saturated heterocycles. The second-order valence-electron chi connectivity index (χ2n) is 5.03. The van der Waals surface area contributed by atoms with Crippen molar-refractivity contribution in [3.05, 3.63) is 47.4 Å². The maximum atomic E-state index is 5.98. The first-order chi connectivity index (χ1) is 8.47. The minimum Gasteiger partial charge on any atom is -0.245 e. The van der Waals surface area contributed by atoms with Gasteiger partial charge in [-0.05, 0) is 23.1 Å². The summed E-state index contributed by atoms with van der Waals surface area (Å²) in [6, 6.07) is 8.48. The lowest BCUT2D eigenvalue weighted by Crippen LogP contribution is -2.10. The summed E-state index contributed by atoms with van der Waals surface area (Å²) in [4.78, 5) is 9.34. The van der Waals surface area contributed by atoms with Crippen LogP contribution in [0.2, 0.25) is 5.15 Å². The van der Waals surface area contributed by atoms with Crippen molar-refractivity contribution in [3.8, 4) is 0 Å². The molecule has 0 spiro atoms. The third-order valence-corrected chi connectivity index (χ3v) is 3.95. The Balaban J connectivity index is 2.19. The first-order valence-electron chi connectivity index (χ1n) is 5.72. The molecule has 2 nitrogen and oxygen atoms in total. The van der Waals surface area contributed by atoms with E-state index in [0.29, 0.717) is 5.15 Å². The van der Waals surface area contributed by atoms with E-state index in [0.717, 1.165) is 9.92 Å². The molecule has 0 unspecified atom stereocenters. The Morgan fingerprint density at radius 3 is 2.17 bits per heavy atom. The molecule has 0 aliphatic heterocycles. The van der Waals surface area contributed by atoms with E-state index in [2.05, 4.69) is 55.0 Å². The lowest BCUT2D eigenvalue weighted by Gasteiger charge is -2.18. The molecule has 1 aromatic carbocycles. The van der Waals surface area contributed by atoms with Gasteiger partial charge in [0.05, 0.1) is 0 Å². The molecule has 18 heavy (non-hydrogen) atoms. The van der Waals surface area contributed by atoms with E-state index in [1.54, 1.807) is 12.4 Å². The minimum absolute atomic E-state index is 0.174. The number of halogens is 1. The van der Waals surface area contributed by atoms with Crippen LogP contribution in [0.15, 0.2) is 46.6 Å². The maximum absolute atomic E-state index is 5.98. The first-order valence-corrected chi connectivity index (χ1v) is 6.91. The van der Waals surface area contributed by atoms with E-state index in [9.17, 15) is 0 Å². The Labute approximate surface area is 117 Å². The molecule has 0 aliphatic carbocycles. The van der Waals surface area contributed by atoms with Crippen LogP contribution in [0.25, 0.3) is 0 Å². The van der Waals surface area contributed by atoms with Crippen molar-refractivity contribution in [3.63, 3.8) is 0 Å².